The molecule has 3 atom stereocenters. The van der Waals surface area contributed by atoms with Crippen molar-refractivity contribution in [2.45, 2.75) is 58.7 Å². The van der Waals surface area contributed by atoms with Crippen LogP contribution in [0.15, 0.2) is 82.6 Å². The summed E-state index contributed by atoms with van der Waals surface area (Å²) in [6, 6.07) is 13.0. The number of halogens is 1. The van der Waals surface area contributed by atoms with Crippen LogP contribution in [0.3, 0.4) is 0 Å². The molecule has 1 amide bonds. The molecule has 0 saturated heterocycles. The molecule has 2 aliphatic rings. The van der Waals surface area contributed by atoms with Crippen LogP contribution >= 0.6 is 22.9 Å². The molecule has 5 rings (SSSR count). The summed E-state index contributed by atoms with van der Waals surface area (Å²) in [6.45, 7) is 8.72. The van der Waals surface area contributed by atoms with Crippen LogP contribution in [0.2, 0.25) is 5.02 Å². The second-order valence-corrected chi connectivity index (χ2v) is 13.6. The lowest BCUT2D eigenvalue weighted by Crippen LogP contribution is -2.56. The van der Waals surface area contributed by atoms with E-state index < -0.39 is 12.6 Å². The fourth-order valence-corrected chi connectivity index (χ4v) is 7.01. The Kier molecular flexibility index (Phi) is 10.7. The maximum atomic E-state index is 13.3. The number of allylic oxidation sites excluding steroid dienone is 2. The molecule has 0 radical (unpaired) electrons. The average molecular weight is 663 g/mol. The standard InChI is InChI=1S/C36H40ClN3O5S/c1-24(2)12-15-40(23-41,33-10-9-29(19-30(33)37)45-25(3)4)20-31-32(39-14-6-5-7-35(39)38-31)18-28-17-26(27-13-16-46-22-27)8-11-34(28)44-21-36(42)43/h5-11,13-14,16-17,19,22-25,31-32H,12,15,18,20-21H2,1-4H3/p+1. The summed E-state index contributed by atoms with van der Waals surface area (Å²) in [5.41, 5.74) is 3.70. The van der Waals surface area contributed by atoms with Gasteiger partial charge in [0.15, 0.2) is 12.3 Å². The first kappa shape index (κ1) is 33.4. The minimum atomic E-state index is -1.04. The van der Waals surface area contributed by atoms with E-state index >= 15 is 0 Å². The van der Waals surface area contributed by atoms with Crippen LogP contribution in [-0.2, 0) is 16.0 Å². The molecule has 0 bridgehead atoms. The van der Waals surface area contributed by atoms with Crippen molar-refractivity contribution in [1.29, 1.82) is 0 Å². The summed E-state index contributed by atoms with van der Waals surface area (Å²) < 4.78 is 11.7. The fraction of sp³-hybridized carbons (Fsp3) is 0.361. The van der Waals surface area contributed by atoms with Gasteiger partial charge < -0.3 is 19.5 Å². The van der Waals surface area contributed by atoms with Crippen molar-refractivity contribution in [3.63, 3.8) is 0 Å². The number of quaternary nitrogens is 1. The number of amidine groups is 1. The highest BCUT2D eigenvalue weighted by atomic mass is 35.5. The fourth-order valence-electron chi connectivity index (χ4n) is 6.01. The molecule has 0 saturated carbocycles. The number of hydrogen-bond acceptors (Lipinski definition) is 7. The molecule has 1 N–H and O–H groups in total. The van der Waals surface area contributed by atoms with Crippen LogP contribution in [0, 0.1) is 5.92 Å². The molecule has 1 aromatic heterocycles. The van der Waals surface area contributed by atoms with Gasteiger partial charge in [0.25, 0.3) is 0 Å². The zero-order valence-electron chi connectivity index (χ0n) is 26.6. The van der Waals surface area contributed by atoms with Gasteiger partial charge in [0.05, 0.1) is 18.7 Å². The largest absolute Gasteiger partial charge is 0.491 e. The van der Waals surface area contributed by atoms with Gasteiger partial charge in [-0.05, 0) is 96.5 Å². The molecule has 3 unspecified atom stereocenters. The predicted octanol–water partition coefficient (Wildman–Crippen LogP) is 7.61. The molecule has 10 heteroatoms. The molecule has 8 nitrogen and oxygen atoms in total. The van der Waals surface area contributed by atoms with E-state index in [0.29, 0.717) is 47.6 Å². The number of benzene rings is 2. The van der Waals surface area contributed by atoms with Crippen molar-refractivity contribution in [3.05, 3.63) is 88.2 Å². The van der Waals surface area contributed by atoms with Crippen molar-refractivity contribution < 1.29 is 24.2 Å². The summed E-state index contributed by atoms with van der Waals surface area (Å²) >= 11 is 8.54. The van der Waals surface area contributed by atoms with Crippen molar-refractivity contribution >= 4 is 46.8 Å². The van der Waals surface area contributed by atoms with E-state index in [-0.39, 0.29) is 22.7 Å². The van der Waals surface area contributed by atoms with Crippen LogP contribution in [0.4, 0.5) is 5.69 Å². The van der Waals surface area contributed by atoms with E-state index in [1.54, 1.807) is 17.4 Å². The third kappa shape index (κ3) is 7.71. The number of ether oxygens (including phenoxy) is 2. The Morgan fingerprint density at radius 1 is 1.13 bits per heavy atom. The number of hydrogen-bond donors (Lipinski definition) is 1. The number of nitrogens with zero attached hydrogens (tertiary/aromatic N) is 3. The van der Waals surface area contributed by atoms with Gasteiger partial charge in [0, 0.05) is 18.3 Å². The lowest BCUT2D eigenvalue weighted by molar-refractivity contribution is -0.139. The van der Waals surface area contributed by atoms with Gasteiger partial charge in [-0.1, -0.05) is 37.6 Å². The molecule has 2 aliphatic heterocycles. The van der Waals surface area contributed by atoms with E-state index in [9.17, 15) is 14.7 Å². The minimum absolute atomic E-state index is 0.00943. The Bertz CT molecular complexity index is 1630. The van der Waals surface area contributed by atoms with E-state index in [4.69, 9.17) is 26.1 Å². The highest BCUT2D eigenvalue weighted by Crippen LogP contribution is 2.38. The van der Waals surface area contributed by atoms with E-state index in [0.717, 1.165) is 35.4 Å². The molecular formula is C36H41ClN3O5S+. The monoisotopic (exact) mass is 662 g/mol. The number of fused-ring (bicyclic) bond motifs is 1. The first-order chi connectivity index (χ1) is 22.1. The number of carboxylic acid groups (broad SMARTS) is 1. The van der Waals surface area contributed by atoms with Gasteiger partial charge in [-0.25, -0.2) is 14.1 Å². The summed E-state index contributed by atoms with van der Waals surface area (Å²) in [4.78, 5) is 32.1. The minimum Gasteiger partial charge on any atom is -0.491 e. The van der Waals surface area contributed by atoms with E-state index in [1.807, 2.05) is 67.9 Å². The van der Waals surface area contributed by atoms with Crippen LogP contribution in [0.1, 0.15) is 39.7 Å². The number of aliphatic carboxylic acids is 1. The summed E-state index contributed by atoms with van der Waals surface area (Å²) in [5.74, 6) is 1.32. The Labute approximate surface area is 279 Å². The molecule has 0 aliphatic carbocycles. The second kappa shape index (κ2) is 14.7. The van der Waals surface area contributed by atoms with Crippen LogP contribution in [0.25, 0.3) is 11.1 Å². The number of thiophene rings is 1. The summed E-state index contributed by atoms with van der Waals surface area (Å²) in [5, 5.41) is 14.0. The number of carboxylic acids is 1. The first-order valence-electron chi connectivity index (χ1n) is 15.6. The topological polar surface area (TPSA) is 88.4 Å². The molecule has 3 heterocycles. The van der Waals surface area contributed by atoms with Crippen molar-refractivity contribution in [1.82, 2.24) is 9.38 Å². The van der Waals surface area contributed by atoms with Gasteiger partial charge in [-0.3, -0.25) is 4.99 Å². The van der Waals surface area contributed by atoms with Gasteiger partial charge in [0.1, 0.15) is 34.9 Å². The van der Waals surface area contributed by atoms with Crippen LogP contribution in [-0.4, -0.2) is 66.1 Å². The Morgan fingerprint density at radius 3 is 2.63 bits per heavy atom. The number of rotatable bonds is 15. The quantitative estimate of drug-likeness (QED) is 0.133. The third-order valence-corrected chi connectivity index (χ3v) is 9.24. The lowest BCUT2D eigenvalue weighted by atomic mass is 9.94. The normalized spacial score (nSPS) is 18.4. The maximum Gasteiger partial charge on any atom is 0.341 e. The van der Waals surface area contributed by atoms with Crippen LogP contribution in [0.5, 0.6) is 11.5 Å². The summed E-state index contributed by atoms with van der Waals surface area (Å²) in [6.07, 6.45) is 10.2. The van der Waals surface area contributed by atoms with E-state index in [1.165, 1.54) is 0 Å². The second-order valence-electron chi connectivity index (χ2n) is 12.5. The number of amides is 1. The number of carbonyl (C=O) groups is 2. The highest BCUT2D eigenvalue weighted by molar-refractivity contribution is 7.08. The van der Waals surface area contributed by atoms with Crippen LogP contribution < -0.4 is 14.0 Å². The average Bonchev–Trinajstić information content (AvgIpc) is 3.67. The molecule has 0 fully saturated rings. The SMILES string of the molecule is CC(C)CC[N+](C=O)(CC1N=C2C=CC=CN2C1Cc1cc(-c2ccsc2)ccc1OCC(=O)O)c1ccc(OC(C)C)cc1Cl. The zero-order valence-corrected chi connectivity index (χ0v) is 28.2. The van der Waals surface area contributed by atoms with Crippen molar-refractivity contribution in [3.8, 4) is 22.6 Å². The molecule has 242 valence electrons. The highest BCUT2D eigenvalue weighted by Gasteiger charge is 2.44. The van der Waals surface area contributed by atoms with E-state index in [2.05, 4.69) is 36.3 Å². The molecule has 3 aromatic rings. The van der Waals surface area contributed by atoms with Crippen molar-refractivity contribution in [2.24, 2.45) is 10.9 Å². The smallest absolute Gasteiger partial charge is 0.341 e. The van der Waals surface area contributed by atoms with Crippen molar-refractivity contribution in [2.75, 3.05) is 19.7 Å². The maximum absolute atomic E-state index is 13.3. The van der Waals surface area contributed by atoms with Gasteiger partial charge in [-0.15, -0.1) is 0 Å². The van der Waals surface area contributed by atoms with Gasteiger partial charge in [0.2, 0.25) is 0 Å². The Balaban J connectivity index is 1.54. The molecule has 0 spiro atoms. The number of aliphatic imine (C=N–C) groups is 1. The molecule has 46 heavy (non-hydrogen) atoms. The molecule has 2 aromatic carbocycles. The van der Waals surface area contributed by atoms with Gasteiger partial charge >= 0.3 is 12.4 Å². The Hall–Kier alpha value is -3.92. The predicted molar refractivity (Wildman–Crippen MR) is 186 cm³/mol. The number of carbonyl (C=O) groups excluding carboxylic acids is 1. The first-order valence-corrected chi connectivity index (χ1v) is 16.9. The third-order valence-electron chi connectivity index (χ3n) is 8.25. The summed E-state index contributed by atoms with van der Waals surface area (Å²) in [7, 11) is 0. The zero-order chi connectivity index (χ0) is 32.8. The lowest BCUT2D eigenvalue weighted by Gasteiger charge is -2.37. The van der Waals surface area contributed by atoms with Gasteiger partial charge in [-0.2, -0.15) is 11.3 Å². The Morgan fingerprint density at radius 2 is 1.96 bits per heavy atom. The molecular weight excluding hydrogens is 622 g/mol.